The molecule has 0 aromatic heterocycles. The molecule has 31 heavy (non-hydrogen) atoms. The van der Waals surface area contributed by atoms with Gasteiger partial charge in [-0.1, -0.05) is 24.3 Å². The van der Waals surface area contributed by atoms with E-state index in [1.165, 1.54) is 12.1 Å². The number of aliphatic imine (C=N–C) groups is 1. The van der Waals surface area contributed by atoms with E-state index in [4.69, 9.17) is 9.73 Å². The average molecular weight is 540 g/mol. The molecular weight excluding hydrogens is 510 g/mol. The van der Waals surface area contributed by atoms with Crippen molar-refractivity contribution < 1.29 is 13.9 Å². The third-order valence-corrected chi connectivity index (χ3v) is 4.65. The van der Waals surface area contributed by atoms with Crippen molar-refractivity contribution in [2.75, 3.05) is 20.2 Å². The monoisotopic (exact) mass is 540 g/mol. The van der Waals surface area contributed by atoms with Gasteiger partial charge in [-0.25, -0.2) is 9.38 Å². The lowest BCUT2D eigenvalue weighted by Crippen LogP contribution is -2.38. The van der Waals surface area contributed by atoms with Gasteiger partial charge in [0.2, 0.25) is 0 Å². The number of hydrogen-bond acceptors (Lipinski definition) is 3. The van der Waals surface area contributed by atoms with Gasteiger partial charge in [-0.3, -0.25) is 4.79 Å². The molecule has 1 aliphatic rings. The summed E-state index contributed by atoms with van der Waals surface area (Å²) in [6, 6.07) is 14.4. The lowest BCUT2D eigenvalue weighted by atomic mass is 10.2. The number of carbonyl (C=O) groups excluding carboxylic acids is 1. The average Bonchev–Trinajstić information content (AvgIpc) is 3.55. The molecule has 1 aliphatic carbocycles. The van der Waals surface area contributed by atoms with Gasteiger partial charge in [0.25, 0.3) is 5.91 Å². The predicted octanol–water partition coefficient (Wildman–Crippen LogP) is 3.70. The van der Waals surface area contributed by atoms with E-state index in [0.29, 0.717) is 24.9 Å². The van der Waals surface area contributed by atoms with Crippen LogP contribution in [0.15, 0.2) is 53.5 Å². The zero-order valence-corrected chi connectivity index (χ0v) is 20.3. The molecule has 1 fully saturated rings. The maximum atomic E-state index is 13.1. The smallest absolute Gasteiger partial charge is 0.258 e. The molecular formula is C23H30FIN4O2. The van der Waals surface area contributed by atoms with Crippen molar-refractivity contribution in [3.05, 3.63) is 65.5 Å². The molecule has 0 saturated heterocycles. The zero-order valence-electron chi connectivity index (χ0n) is 17.9. The number of halogens is 2. The van der Waals surface area contributed by atoms with Gasteiger partial charge in [0.1, 0.15) is 11.6 Å². The molecule has 6 nitrogen and oxygen atoms in total. The van der Waals surface area contributed by atoms with Crippen LogP contribution in [-0.4, -0.2) is 43.0 Å². The lowest BCUT2D eigenvalue weighted by Gasteiger charge is -2.22. The Morgan fingerprint density at radius 3 is 2.61 bits per heavy atom. The third-order valence-electron chi connectivity index (χ3n) is 4.65. The molecule has 168 valence electrons. The molecule has 0 unspecified atom stereocenters. The van der Waals surface area contributed by atoms with Crippen LogP contribution in [0.1, 0.15) is 30.9 Å². The van der Waals surface area contributed by atoms with Gasteiger partial charge in [0.15, 0.2) is 12.6 Å². The lowest BCUT2D eigenvalue weighted by molar-refractivity contribution is -0.123. The summed E-state index contributed by atoms with van der Waals surface area (Å²) < 4.78 is 18.7. The third kappa shape index (κ3) is 8.72. The van der Waals surface area contributed by atoms with Crippen molar-refractivity contribution in [1.82, 2.24) is 15.5 Å². The van der Waals surface area contributed by atoms with Crippen LogP contribution in [-0.2, 0) is 17.9 Å². The number of benzene rings is 2. The quantitative estimate of drug-likeness (QED) is 0.289. The van der Waals surface area contributed by atoms with Crippen LogP contribution in [0.4, 0.5) is 4.39 Å². The topological polar surface area (TPSA) is 66.0 Å². The first-order valence-corrected chi connectivity index (χ1v) is 10.3. The summed E-state index contributed by atoms with van der Waals surface area (Å²) in [5, 5.41) is 6.19. The van der Waals surface area contributed by atoms with E-state index in [9.17, 15) is 9.18 Å². The minimum atomic E-state index is -0.242. The Kier molecular flexibility index (Phi) is 10.0. The largest absolute Gasteiger partial charge is 0.484 e. The maximum Gasteiger partial charge on any atom is 0.258 e. The molecule has 2 aromatic carbocycles. The minimum Gasteiger partial charge on any atom is -0.484 e. The maximum absolute atomic E-state index is 13.1. The first-order valence-electron chi connectivity index (χ1n) is 10.3. The highest BCUT2D eigenvalue weighted by Crippen LogP contribution is 2.19. The Labute approximate surface area is 200 Å². The van der Waals surface area contributed by atoms with Crippen LogP contribution in [0, 0.1) is 5.82 Å². The number of hydrogen-bond donors (Lipinski definition) is 2. The summed E-state index contributed by atoms with van der Waals surface area (Å²) in [5.74, 6) is 1.09. The van der Waals surface area contributed by atoms with E-state index in [0.717, 1.165) is 36.5 Å². The molecule has 0 heterocycles. The van der Waals surface area contributed by atoms with Crippen LogP contribution in [0.5, 0.6) is 5.75 Å². The van der Waals surface area contributed by atoms with Gasteiger partial charge in [0.05, 0.1) is 6.54 Å². The number of nitrogens with one attached hydrogen (secondary N) is 2. The van der Waals surface area contributed by atoms with Gasteiger partial charge in [-0.2, -0.15) is 0 Å². The molecule has 0 bridgehead atoms. The first-order chi connectivity index (χ1) is 14.5. The number of guanidine groups is 1. The van der Waals surface area contributed by atoms with Crippen LogP contribution in [0.25, 0.3) is 0 Å². The Morgan fingerprint density at radius 1 is 1.19 bits per heavy atom. The number of amides is 1. The van der Waals surface area contributed by atoms with Crippen molar-refractivity contribution in [2.45, 2.75) is 38.9 Å². The molecule has 2 aromatic rings. The number of nitrogens with zero attached hydrogens (tertiary/aromatic N) is 2. The second-order valence-corrected chi connectivity index (χ2v) is 7.43. The first kappa shape index (κ1) is 24.9. The fraction of sp³-hybridized carbons (Fsp3) is 0.391. The van der Waals surface area contributed by atoms with Crippen molar-refractivity contribution in [3.63, 3.8) is 0 Å². The fourth-order valence-electron chi connectivity index (χ4n) is 2.95. The van der Waals surface area contributed by atoms with Gasteiger partial charge in [-0.05, 0) is 55.2 Å². The highest BCUT2D eigenvalue weighted by molar-refractivity contribution is 14.0. The van der Waals surface area contributed by atoms with Gasteiger partial charge in [-0.15, -0.1) is 24.0 Å². The second kappa shape index (κ2) is 12.5. The molecule has 8 heteroatoms. The molecule has 1 amide bonds. The van der Waals surface area contributed by atoms with Crippen LogP contribution in [0.2, 0.25) is 0 Å². The number of rotatable bonds is 9. The van der Waals surface area contributed by atoms with Gasteiger partial charge >= 0.3 is 0 Å². The van der Waals surface area contributed by atoms with E-state index in [1.807, 2.05) is 43.1 Å². The van der Waals surface area contributed by atoms with E-state index in [2.05, 4.69) is 10.6 Å². The van der Waals surface area contributed by atoms with Crippen molar-refractivity contribution in [2.24, 2.45) is 4.99 Å². The minimum absolute atomic E-state index is 0. The number of ether oxygens (including phenoxy) is 1. The van der Waals surface area contributed by atoms with Crippen LogP contribution < -0.4 is 15.4 Å². The highest BCUT2D eigenvalue weighted by atomic mass is 127. The molecule has 3 rings (SSSR count). The fourth-order valence-corrected chi connectivity index (χ4v) is 2.95. The van der Waals surface area contributed by atoms with Crippen molar-refractivity contribution >= 4 is 35.8 Å². The summed E-state index contributed by atoms with van der Waals surface area (Å²) in [5.41, 5.74) is 1.99. The Balaban J connectivity index is 0.00000341. The summed E-state index contributed by atoms with van der Waals surface area (Å²) in [6.45, 7) is 3.87. The molecule has 0 atom stereocenters. The second-order valence-electron chi connectivity index (χ2n) is 7.43. The summed E-state index contributed by atoms with van der Waals surface area (Å²) in [7, 11) is 1.95. The number of carbonyl (C=O) groups is 1. The van der Waals surface area contributed by atoms with E-state index >= 15 is 0 Å². The van der Waals surface area contributed by atoms with Gasteiger partial charge < -0.3 is 20.3 Å². The Bertz CT molecular complexity index is 872. The molecule has 2 N–H and O–H groups in total. The SMILES string of the molecule is CCNC(=NCc1cccc(OCC(=O)NC2CC2)c1)N(C)Cc1ccc(F)cc1.I. The van der Waals surface area contributed by atoms with E-state index in [1.54, 1.807) is 12.1 Å². The standard InChI is InChI=1S/C23H29FN4O2.HI/c1-3-25-23(28(2)15-17-7-9-19(24)10-8-17)26-14-18-5-4-6-21(13-18)30-16-22(29)27-20-11-12-20;/h4-10,13,20H,3,11-12,14-16H2,1-2H3,(H,25,26)(H,27,29);1H. The summed E-state index contributed by atoms with van der Waals surface area (Å²) in [6.07, 6.45) is 2.12. The van der Waals surface area contributed by atoms with Crippen LogP contribution in [0.3, 0.4) is 0 Å². The highest BCUT2D eigenvalue weighted by Gasteiger charge is 2.23. The molecule has 0 spiro atoms. The van der Waals surface area contributed by atoms with E-state index in [-0.39, 0.29) is 42.3 Å². The van der Waals surface area contributed by atoms with Gasteiger partial charge in [0, 0.05) is 26.2 Å². The Morgan fingerprint density at radius 2 is 1.94 bits per heavy atom. The van der Waals surface area contributed by atoms with E-state index < -0.39 is 0 Å². The summed E-state index contributed by atoms with van der Waals surface area (Å²) in [4.78, 5) is 18.5. The predicted molar refractivity (Wildman–Crippen MR) is 131 cm³/mol. The molecule has 1 saturated carbocycles. The van der Waals surface area contributed by atoms with Crippen molar-refractivity contribution in [1.29, 1.82) is 0 Å². The van der Waals surface area contributed by atoms with Crippen LogP contribution >= 0.6 is 24.0 Å². The summed E-state index contributed by atoms with van der Waals surface area (Å²) >= 11 is 0. The normalized spacial score (nSPS) is 13.2. The zero-order chi connectivity index (χ0) is 21.3. The Hall–Kier alpha value is -2.36. The molecule has 0 aliphatic heterocycles. The molecule has 0 radical (unpaired) electrons. The van der Waals surface area contributed by atoms with Crippen molar-refractivity contribution in [3.8, 4) is 5.75 Å².